The van der Waals surface area contributed by atoms with Crippen molar-refractivity contribution in [2.75, 3.05) is 11.9 Å². The molecule has 0 fully saturated rings. The van der Waals surface area contributed by atoms with Gasteiger partial charge in [-0.05, 0) is 44.5 Å². The van der Waals surface area contributed by atoms with Crippen LogP contribution in [0.1, 0.15) is 33.6 Å². The number of carbonyl (C=O) groups excluding carboxylic acids is 1. The Morgan fingerprint density at radius 2 is 1.94 bits per heavy atom. The largest absolute Gasteiger partial charge is 0.494 e. The van der Waals surface area contributed by atoms with Gasteiger partial charge < -0.3 is 15.8 Å². The van der Waals surface area contributed by atoms with Crippen LogP contribution >= 0.6 is 0 Å². The van der Waals surface area contributed by atoms with Crippen molar-refractivity contribution in [2.45, 2.75) is 39.2 Å². The third-order valence-corrected chi connectivity index (χ3v) is 2.71. The van der Waals surface area contributed by atoms with Crippen LogP contribution in [-0.4, -0.2) is 18.1 Å². The summed E-state index contributed by atoms with van der Waals surface area (Å²) in [6.07, 6.45) is 1.54. The van der Waals surface area contributed by atoms with Crippen molar-refractivity contribution in [1.29, 1.82) is 0 Å². The van der Waals surface area contributed by atoms with E-state index >= 15 is 0 Å². The number of carbonyl (C=O) groups is 1. The standard InChI is InChI=1S/C14H22N2O2/c1-4-10-14(3,15)13(17)16-11-6-8-12(9-7-11)18-5-2/h6-9H,4-5,10,15H2,1-3H3,(H,16,17). The summed E-state index contributed by atoms with van der Waals surface area (Å²) in [5.41, 5.74) is 5.87. The zero-order chi connectivity index (χ0) is 13.6. The van der Waals surface area contributed by atoms with Gasteiger partial charge in [0, 0.05) is 5.69 Å². The van der Waals surface area contributed by atoms with Crippen LogP contribution in [-0.2, 0) is 4.79 Å². The van der Waals surface area contributed by atoms with E-state index in [1.165, 1.54) is 0 Å². The molecule has 0 spiro atoms. The van der Waals surface area contributed by atoms with E-state index in [-0.39, 0.29) is 5.91 Å². The van der Waals surface area contributed by atoms with E-state index in [1.54, 1.807) is 6.92 Å². The fourth-order valence-electron chi connectivity index (χ4n) is 1.71. The highest BCUT2D eigenvalue weighted by Crippen LogP contribution is 2.17. The van der Waals surface area contributed by atoms with Crippen molar-refractivity contribution in [1.82, 2.24) is 0 Å². The smallest absolute Gasteiger partial charge is 0.244 e. The number of ether oxygens (including phenoxy) is 1. The normalized spacial score (nSPS) is 13.8. The number of benzene rings is 1. The highest BCUT2D eigenvalue weighted by atomic mass is 16.5. The summed E-state index contributed by atoms with van der Waals surface area (Å²) >= 11 is 0. The number of anilines is 1. The number of nitrogens with one attached hydrogen (secondary N) is 1. The molecule has 0 aliphatic carbocycles. The van der Waals surface area contributed by atoms with Gasteiger partial charge in [0.25, 0.3) is 0 Å². The molecule has 1 aromatic carbocycles. The SMILES string of the molecule is CCCC(C)(N)C(=O)Nc1ccc(OCC)cc1. The maximum absolute atomic E-state index is 12.0. The number of hydrogen-bond acceptors (Lipinski definition) is 3. The van der Waals surface area contributed by atoms with E-state index in [0.29, 0.717) is 13.0 Å². The number of hydrogen-bond donors (Lipinski definition) is 2. The van der Waals surface area contributed by atoms with E-state index < -0.39 is 5.54 Å². The first kappa shape index (κ1) is 14.5. The van der Waals surface area contributed by atoms with Gasteiger partial charge in [-0.3, -0.25) is 4.79 Å². The van der Waals surface area contributed by atoms with Crippen molar-refractivity contribution in [3.05, 3.63) is 24.3 Å². The molecule has 1 atom stereocenters. The lowest BCUT2D eigenvalue weighted by Gasteiger charge is -2.22. The zero-order valence-electron chi connectivity index (χ0n) is 11.3. The fraction of sp³-hybridized carbons (Fsp3) is 0.500. The Kier molecular flexibility index (Phi) is 5.16. The monoisotopic (exact) mass is 250 g/mol. The number of amides is 1. The molecule has 1 aromatic rings. The zero-order valence-corrected chi connectivity index (χ0v) is 11.3. The van der Waals surface area contributed by atoms with Gasteiger partial charge in [0.05, 0.1) is 12.1 Å². The average Bonchev–Trinajstić information content (AvgIpc) is 2.32. The predicted molar refractivity (Wildman–Crippen MR) is 73.7 cm³/mol. The fourth-order valence-corrected chi connectivity index (χ4v) is 1.71. The molecule has 1 unspecified atom stereocenters. The summed E-state index contributed by atoms with van der Waals surface area (Å²) in [5.74, 6) is 0.632. The van der Waals surface area contributed by atoms with Crippen LogP contribution in [0.5, 0.6) is 5.75 Å². The van der Waals surface area contributed by atoms with Gasteiger partial charge in [-0.15, -0.1) is 0 Å². The Labute approximate surface area is 109 Å². The van der Waals surface area contributed by atoms with E-state index in [1.807, 2.05) is 38.1 Å². The first-order valence-corrected chi connectivity index (χ1v) is 6.32. The molecule has 1 amide bonds. The minimum atomic E-state index is -0.826. The highest BCUT2D eigenvalue weighted by molar-refractivity contribution is 5.97. The van der Waals surface area contributed by atoms with Gasteiger partial charge in [0.1, 0.15) is 5.75 Å². The van der Waals surface area contributed by atoms with Crippen LogP contribution in [0, 0.1) is 0 Å². The minimum Gasteiger partial charge on any atom is -0.494 e. The lowest BCUT2D eigenvalue weighted by atomic mass is 9.96. The van der Waals surface area contributed by atoms with Crippen LogP contribution in [0.2, 0.25) is 0 Å². The first-order chi connectivity index (χ1) is 8.49. The van der Waals surface area contributed by atoms with Crippen molar-refractivity contribution in [2.24, 2.45) is 5.73 Å². The third-order valence-electron chi connectivity index (χ3n) is 2.71. The molecule has 4 heteroatoms. The van der Waals surface area contributed by atoms with E-state index in [2.05, 4.69) is 5.32 Å². The van der Waals surface area contributed by atoms with Crippen molar-refractivity contribution in [3.8, 4) is 5.75 Å². The van der Waals surface area contributed by atoms with Crippen LogP contribution in [0.15, 0.2) is 24.3 Å². The molecule has 0 aromatic heterocycles. The second-order valence-corrected chi connectivity index (χ2v) is 4.58. The molecular formula is C14H22N2O2. The lowest BCUT2D eigenvalue weighted by Crippen LogP contribution is -2.48. The van der Waals surface area contributed by atoms with Crippen LogP contribution in [0.25, 0.3) is 0 Å². The van der Waals surface area contributed by atoms with E-state index in [0.717, 1.165) is 17.9 Å². The van der Waals surface area contributed by atoms with Gasteiger partial charge in [0.15, 0.2) is 0 Å². The minimum absolute atomic E-state index is 0.159. The van der Waals surface area contributed by atoms with Crippen molar-refractivity contribution < 1.29 is 9.53 Å². The maximum Gasteiger partial charge on any atom is 0.244 e. The van der Waals surface area contributed by atoms with Crippen LogP contribution < -0.4 is 15.8 Å². The molecule has 4 nitrogen and oxygen atoms in total. The van der Waals surface area contributed by atoms with Crippen molar-refractivity contribution >= 4 is 11.6 Å². The predicted octanol–water partition coefficient (Wildman–Crippen LogP) is 2.54. The Morgan fingerprint density at radius 3 is 2.44 bits per heavy atom. The van der Waals surface area contributed by atoms with E-state index in [9.17, 15) is 4.79 Å². The van der Waals surface area contributed by atoms with Gasteiger partial charge in [-0.1, -0.05) is 13.3 Å². The molecule has 1 rings (SSSR count). The summed E-state index contributed by atoms with van der Waals surface area (Å²) < 4.78 is 5.33. The Bertz CT molecular complexity index is 385. The molecule has 0 aliphatic rings. The molecule has 18 heavy (non-hydrogen) atoms. The van der Waals surface area contributed by atoms with Crippen molar-refractivity contribution in [3.63, 3.8) is 0 Å². The lowest BCUT2D eigenvalue weighted by molar-refractivity contribution is -0.120. The van der Waals surface area contributed by atoms with Crippen LogP contribution in [0.3, 0.4) is 0 Å². The average molecular weight is 250 g/mol. The summed E-state index contributed by atoms with van der Waals surface area (Å²) in [4.78, 5) is 12.0. The van der Waals surface area contributed by atoms with Gasteiger partial charge in [-0.25, -0.2) is 0 Å². The molecule has 100 valence electrons. The summed E-state index contributed by atoms with van der Waals surface area (Å²) in [5, 5.41) is 2.82. The van der Waals surface area contributed by atoms with Gasteiger partial charge in [-0.2, -0.15) is 0 Å². The molecular weight excluding hydrogens is 228 g/mol. The first-order valence-electron chi connectivity index (χ1n) is 6.32. The molecule has 0 bridgehead atoms. The molecule has 0 saturated heterocycles. The molecule has 3 N–H and O–H groups in total. The summed E-state index contributed by atoms with van der Waals surface area (Å²) in [7, 11) is 0. The number of nitrogens with two attached hydrogens (primary N) is 1. The highest BCUT2D eigenvalue weighted by Gasteiger charge is 2.26. The van der Waals surface area contributed by atoms with Crippen LogP contribution in [0.4, 0.5) is 5.69 Å². The molecule has 0 saturated carbocycles. The second kappa shape index (κ2) is 6.40. The van der Waals surface area contributed by atoms with Gasteiger partial charge in [0.2, 0.25) is 5.91 Å². The Balaban J connectivity index is 2.64. The Hall–Kier alpha value is -1.55. The molecule has 0 radical (unpaired) electrons. The molecule has 0 heterocycles. The molecule has 0 aliphatic heterocycles. The summed E-state index contributed by atoms with van der Waals surface area (Å²) in [6, 6.07) is 7.27. The van der Waals surface area contributed by atoms with E-state index in [4.69, 9.17) is 10.5 Å². The summed E-state index contributed by atoms with van der Waals surface area (Å²) in [6.45, 7) is 6.32. The maximum atomic E-state index is 12.0. The number of rotatable bonds is 6. The Morgan fingerprint density at radius 1 is 1.33 bits per heavy atom. The van der Waals surface area contributed by atoms with Gasteiger partial charge >= 0.3 is 0 Å². The topological polar surface area (TPSA) is 64.4 Å². The third kappa shape index (κ3) is 4.04. The second-order valence-electron chi connectivity index (χ2n) is 4.58. The quantitative estimate of drug-likeness (QED) is 0.815.